The molecule has 0 amide bonds. The molecular weight excluding hydrogens is 368 g/mol. The van der Waals surface area contributed by atoms with Crippen molar-refractivity contribution in [2.45, 2.75) is 13.5 Å². The van der Waals surface area contributed by atoms with E-state index < -0.39 is 11.8 Å². The number of hydrogen-bond donors (Lipinski definition) is 0. The van der Waals surface area contributed by atoms with Crippen LogP contribution in [-0.2, 0) is 11.4 Å². The number of ether oxygens (including phenoxy) is 1. The van der Waals surface area contributed by atoms with Gasteiger partial charge in [0.15, 0.2) is 5.75 Å². The number of carbonyl (C=O) groups is 2. The number of aryl methyl sites for hydroxylation is 1. The molecule has 0 bridgehead atoms. The molecule has 6 heteroatoms. The molecule has 0 fully saturated rings. The quantitative estimate of drug-likeness (QED) is 0.384. The third-order valence-electron chi connectivity index (χ3n) is 5.07. The Kier molecular flexibility index (Phi) is 3.91. The molecule has 5 rings (SSSR count). The number of carbonyl (C=O) groups excluding carboxylic acids is 2. The van der Waals surface area contributed by atoms with E-state index in [0.717, 1.165) is 28.4 Å². The predicted molar refractivity (Wildman–Crippen MR) is 109 cm³/mol. The SMILES string of the molecule is CCn1c2ccccc2c2c3c(ccc21)C(=O)C(=NOC(=O)c1ccccc1)O3. The number of ketones is 1. The zero-order valence-corrected chi connectivity index (χ0v) is 15.6. The molecule has 29 heavy (non-hydrogen) atoms. The third-order valence-corrected chi connectivity index (χ3v) is 5.07. The van der Waals surface area contributed by atoms with E-state index >= 15 is 0 Å². The van der Waals surface area contributed by atoms with E-state index in [1.165, 1.54) is 0 Å². The molecule has 0 saturated heterocycles. The van der Waals surface area contributed by atoms with Gasteiger partial charge in [-0.3, -0.25) is 4.79 Å². The van der Waals surface area contributed by atoms with Crippen LogP contribution in [0.1, 0.15) is 27.6 Å². The van der Waals surface area contributed by atoms with E-state index in [9.17, 15) is 9.59 Å². The monoisotopic (exact) mass is 384 g/mol. The van der Waals surface area contributed by atoms with Gasteiger partial charge in [0.05, 0.1) is 22.0 Å². The number of Topliss-reactive ketones (excluding diaryl/α,β-unsaturated/α-hetero) is 1. The molecule has 142 valence electrons. The van der Waals surface area contributed by atoms with Crippen molar-refractivity contribution in [3.63, 3.8) is 0 Å². The lowest BCUT2D eigenvalue weighted by molar-refractivity contribution is 0.0508. The molecule has 0 aliphatic carbocycles. The Labute approximate surface area is 165 Å². The first-order valence-electron chi connectivity index (χ1n) is 9.30. The molecule has 1 aliphatic heterocycles. The number of rotatable bonds is 3. The largest absolute Gasteiger partial charge is 0.432 e. The molecule has 4 aromatic rings. The molecule has 0 atom stereocenters. The predicted octanol–water partition coefficient (Wildman–Crippen LogP) is 4.56. The normalized spacial score (nSPS) is 14.4. The van der Waals surface area contributed by atoms with Gasteiger partial charge in [0.1, 0.15) is 0 Å². The first kappa shape index (κ1) is 17.2. The van der Waals surface area contributed by atoms with Gasteiger partial charge in [-0.15, -0.1) is 0 Å². The molecule has 0 unspecified atom stereocenters. The zero-order valence-electron chi connectivity index (χ0n) is 15.6. The molecule has 0 N–H and O–H groups in total. The van der Waals surface area contributed by atoms with Crippen LogP contribution >= 0.6 is 0 Å². The summed E-state index contributed by atoms with van der Waals surface area (Å²) in [6.07, 6.45) is 0. The fourth-order valence-electron chi connectivity index (χ4n) is 3.76. The van der Waals surface area contributed by atoms with Crippen LogP contribution in [0.4, 0.5) is 0 Å². The van der Waals surface area contributed by atoms with Gasteiger partial charge < -0.3 is 14.1 Å². The lowest BCUT2D eigenvalue weighted by Crippen LogP contribution is -2.14. The average molecular weight is 384 g/mol. The Morgan fingerprint density at radius 3 is 2.55 bits per heavy atom. The highest BCUT2D eigenvalue weighted by Gasteiger charge is 2.33. The number of para-hydroxylation sites is 1. The highest BCUT2D eigenvalue weighted by Crippen LogP contribution is 2.41. The van der Waals surface area contributed by atoms with Gasteiger partial charge in [0.2, 0.25) is 0 Å². The minimum Gasteiger partial charge on any atom is -0.432 e. The van der Waals surface area contributed by atoms with Crippen LogP contribution in [0, 0.1) is 0 Å². The fraction of sp³-hybridized carbons (Fsp3) is 0.0870. The summed E-state index contributed by atoms with van der Waals surface area (Å²) in [6, 6.07) is 20.1. The van der Waals surface area contributed by atoms with Gasteiger partial charge in [0, 0.05) is 17.4 Å². The number of aromatic nitrogens is 1. The van der Waals surface area contributed by atoms with E-state index in [1.54, 1.807) is 36.4 Å². The molecule has 3 aromatic carbocycles. The van der Waals surface area contributed by atoms with Crippen LogP contribution in [0.5, 0.6) is 5.75 Å². The van der Waals surface area contributed by atoms with Gasteiger partial charge in [-0.2, -0.15) is 0 Å². The number of nitrogens with zero attached hydrogens (tertiary/aromatic N) is 2. The maximum absolute atomic E-state index is 12.7. The second-order valence-corrected chi connectivity index (χ2v) is 6.67. The van der Waals surface area contributed by atoms with Gasteiger partial charge in [0.25, 0.3) is 5.78 Å². The smallest absolute Gasteiger partial charge is 0.365 e. The lowest BCUT2D eigenvalue weighted by atomic mass is 10.1. The molecular formula is C23H16N2O4. The van der Waals surface area contributed by atoms with Crippen LogP contribution in [0.2, 0.25) is 0 Å². The number of fused-ring (bicyclic) bond motifs is 5. The van der Waals surface area contributed by atoms with Crippen molar-refractivity contribution in [3.8, 4) is 5.75 Å². The third kappa shape index (κ3) is 2.61. The van der Waals surface area contributed by atoms with Crippen molar-refractivity contribution in [2.24, 2.45) is 5.16 Å². The summed E-state index contributed by atoms with van der Waals surface area (Å²) in [5.74, 6) is -0.857. The highest BCUT2D eigenvalue weighted by atomic mass is 16.7. The van der Waals surface area contributed by atoms with Crippen molar-refractivity contribution in [3.05, 3.63) is 77.9 Å². The van der Waals surface area contributed by atoms with E-state index in [-0.39, 0.29) is 5.90 Å². The Morgan fingerprint density at radius 1 is 1.00 bits per heavy atom. The minimum absolute atomic E-state index is 0.245. The van der Waals surface area contributed by atoms with Crippen LogP contribution in [0.25, 0.3) is 21.8 Å². The van der Waals surface area contributed by atoms with Crippen molar-refractivity contribution in [1.82, 2.24) is 4.57 Å². The van der Waals surface area contributed by atoms with Crippen LogP contribution < -0.4 is 4.74 Å². The maximum atomic E-state index is 12.7. The molecule has 0 radical (unpaired) electrons. The molecule has 1 aromatic heterocycles. The number of hydrogen-bond acceptors (Lipinski definition) is 5. The number of oxime groups is 1. The highest BCUT2D eigenvalue weighted by molar-refractivity contribution is 6.47. The topological polar surface area (TPSA) is 69.9 Å². The molecule has 1 aliphatic rings. The van der Waals surface area contributed by atoms with E-state index in [2.05, 4.69) is 16.6 Å². The Balaban J connectivity index is 1.57. The van der Waals surface area contributed by atoms with Crippen molar-refractivity contribution < 1.29 is 19.2 Å². The van der Waals surface area contributed by atoms with Crippen LogP contribution in [0.3, 0.4) is 0 Å². The second-order valence-electron chi connectivity index (χ2n) is 6.67. The summed E-state index contributed by atoms with van der Waals surface area (Å²) in [5, 5.41) is 5.55. The van der Waals surface area contributed by atoms with Crippen molar-refractivity contribution >= 4 is 39.5 Å². The van der Waals surface area contributed by atoms with Gasteiger partial charge in [-0.1, -0.05) is 36.4 Å². The van der Waals surface area contributed by atoms with Gasteiger partial charge in [-0.25, -0.2) is 4.79 Å². The first-order valence-corrected chi connectivity index (χ1v) is 9.30. The zero-order chi connectivity index (χ0) is 20.0. The van der Waals surface area contributed by atoms with Gasteiger partial charge >= 0.3 is 11.9 Å². The van der Waals surface area contributed by atoms with E-state index in [4.69, 9.17) is 9.57 Å². The summed E-state index contributed by atoms with van der Waals surface area (Å²) in [5.41, 5.74) is 2.79. The Morgan fingerprint density at radius 2 is 1.76 bits per heavy atom. The summed E-state index contributed by atoms with van der Waals surface area (Å²) >= 11 is 0. The van der Waals surface area contributed by atoms with Gasteiger partial charge in [-0.05, 0) is 42.4 Å². The summed E-state index contributed by atoms with van der Waals surface area (Å²) in [6.45, 7) is 2.85. The van der Waals surface area contributed by atoms with Crippen LogP contribution in [0.15, 0.2) is 71.9 Å². The number of benzene rings is 3. The molecule has 6 nitrogen and oxygen atoms in total. The van der Waals surface area contributed by atoms with E-state index in [1.807, 2.05) is 30.3 Å². The lowest BCUT2D eigenvalue weighted by Gasteiger charge is -2.03. The Hall–Kier alpha value is -3.93. The minimum atomic E-state index is -0.654. The standard InChI is InChI=1S/C23H16N2O4/c1-2-25-17-11-7-6-10-15(17)19-18(25)13-12-16-20(26)22(28-21(16)19)24-29-23(27)14-8-4-3-5-9-14/h3-13H,2H2,1H3. The van der Waals surface area contributed by atoms with Crippen molar-refractivity contribution in [2.75, 3.05) is 0 Å². The summed E-state index contributed by atoms with van der Waals surface area (Å²) in [4.78, 5) is 29.8. The van der Waals surface area contributed by atoms with Crippen LogP contribution in [-0.4, -0.2) is 22.2 Å². The summed E-state index contributed by atoms with van der Waals surface area (Å²) in [7, 11) is 0. The first-order chi connectivity index (χ1) is 14.2. The molecule has 0 spiro atoms. The maximum Gasteiger partial charge on any atom is 0.365 e. The Bertz CT molecular complexity index is 1320. The molecule has 2 heterocycles. The molecule has 0 saturated carbocycles. The summed E-state index contributed by atoms with van der Waals surface area (Å²) < 4.78 is 7.96. The fourth-order valence-corrected chi connectivity index (χ4v) is 3.76. The van der Waals surface area contributed by atoms with Crippen molar-refractivity contribution in [1.29, 1.82) is 0 Å². The second kappa shape index (κ2) is 6.60. The van der Waals surface area contributed by atoms with E-state index in [0.29, 0.717) is 16.9 Å². The average Bonchev–Trinajstić information content (AvgIpc) is 3.27.